The number of rotatable bonds is 3. The standard InChI is InChI=1S/C17H15N3O3S/c1-11-4-6-12(7-5-11)20-16(13-9-24(22)10-14(13)19-20)18-17(21)15-3-2-8-23-15/h2-8H,9-10H2,1H3,(H,18,21)/t24-/m1/s1. The van der Waals surface area contributed by atoms with Crippen LogP contribution < -0.4 is 5.32 Å². The van der Waals surface area contributed by atoms with Gasteiger partial charge in [0.1, 0.15) is 5.82 Å². The van der Waals surface area contributed by atoms with E-state index >= 15 is 0 Å². The molecule has 2 aromatic heterocycles. The zero-order chi connectivity index (χ0) is 16.7. The number of furan rings is 1. The number of carbonyl (C=O) groups is 1. The van der Waals surface area contributed by atoms with Crippen molar-refractivity contribution < 1.29 is 13.4 Å². The molecule has 1 aliphatic heterocycles. The first-order valence-electron chi connectivity index (χ1n) is 7.49. The lowest BCUT2D eigenvalue weighted by Crippen LogP contribution is -2.16. The van der Waals surface area contributed by atoms with Gasteiger partial charge in [0, 0.05) is 16.4 Å². The molecular formula is C17H15N3O3S. The number of amides is 1. The lowest BCUT2D eigenvalue weighted by Gasteiger charge is -2.10. The Balaban J connectivity index is 1.77. The Labute approximate surface area is 140 Å². The maximum atomic E-state index is 12.4. The molecule has 1 aromatic carbocycles. The van der Waals surface area contributed by atoms with Crippen molar-refractivity contribution in [1.29, 1.82) is 0 Å². The van der Waals surface area contributed by atoms with Gasteiger partial charge >= 0.3 is 0 Å². The molecule has 0 aliphatic carbocycles. The van der Waals surface area contributed by atoms with Crippen molar-refractivity contribution in [3.8, 4) is 5.69 Å². The van der Waals surface area contributed by atoms with Crippen molar-refractivity contribution in [3.63, 3.8) is 0 Å². The van der Waals surface area contributed by atoms with Gasteiger partial charge < -0.3 is 9.73 Å². The molecule has 6 nitrogen and oxygen atoms in total. The van der Waals surface area contributed by atoms with E-state index in [9.17, 15) is 9.00 Å². The highest BCUT2D eigenvalue weighted by atomic mass is 32.2. The number of hydrogen-bond acceptors (Lipinski definition) is 4. The number of nitrogens with one attached hydrogen (secondary N) is 1. The van der Waals surface area contributed by atoms with Crippen molar-refractivity contribution in [1.82, 2.24) is 9.78 Å². The molecule has 1 amide bonds. The predicted octanol–water partition coefficient (Wildman–Crippen LogP) is 2.79. The van der Waals surface area contributed by atoms with Gasteiger partial charge in [-0.25, -0.2) is 4.68 Å². The van der Waals surface area contributed by atoms with Crippen molar-refractivity contribution in [2.45, 2.75) is 18.4 Å². The number of nitrogens with zero attached hydrogens (tertiary/aromatic N) is 2. The molecule has 0 saturated carbocycles. The van der Waals surface area contributed by atoms with Gasteiger partial charge in [-0.05, 0) is 31.2 Å². The Morgan fingerprint density at radius 1 is 1.25 bits per heavy atom. The summed E-state index contributed by atoms with van der Waals surface area (Å²) in [6, 6.07) is 11.1. The molecule has 3 heterocycles. The Bertz CT molecular complexity index is 927. The van der Waals surface area contributed by atoms with Crippen LogP contribution in [0.2, 0.25) is 0 Å². The molecule has 1 N–H and O–H groups in total. The maximum absolute atomic E-state index is 12.4. The van der Waals surface area contributed by atoms with E-state index < -0.39 is 10.8 Å². The van der Waals surface area contributed by atoms with Crippen LogP contribution in [0.5, 0.6) is 0 Å². The minimum Gasteiger partial charge on any atom is -0.459 e. The fourth-order valence-electron chi connectivity index (χ4n) is 2.71. The quantitative estimate of drug-likeness (QED) is 0.795. The average molecular weight is 341 g/mol. The van der Waals surface area contributed by atoms with Crippen molar-refractivity contribution in [2.75, 3.05) is 5.32 Å². The Morgan fingerprint density at radius 3 is 2.75 bits per heavy atom. The lowest BCUT2D eigenvalue weighted by molar-refractivity contribution is 0.0996. The van der Waals surface area contributed by atoms with Crippen LogP contribution >= 0.6 is 0 Å². The first kappa shape index (κ1) is 14.9. The zero-order valence-electron chi connectivity index (χ0n) is 13.0. The summed E-state index contributed by atoms with van der Waals surface area (Å²) in [5, 5.41) is 7.41. The largest absolute Gasteiger partial charge is 0.459 e. The van der Waals surface area contributed by atoms with Crippen LogP contribution in [-0.4, -0.2) is 19.9 Å². The van der Waals surface area contributed by atoms with Gasteiger partial charge in [-0.15, -0.1) is 0 Å². The molecule has 1 aliphatic rings. The summed E-state index contributed by atoms with van der Waals surface area (Å²) in [4.78, 5) is 12.4. The van der Waals surface area contributed by atoms with Crippen LogP contribution in [0.4, 0.5) is 5.82 Å². The molecule has 0 spiro atoms. The van der Waals surface area contributed by atoms with E-state index in [2.05, 4.69) is 10.4 Å². The van der Waals surface area contributed by atoms with E-state index in [0.717, 1.165) is 22.5 Å². The third kappa shape index (κ3) is 2.56. The van der Waals surface area contributed by atoms with Crippen LogP contribution in [0.15, 0.2) is 47.1 Å². The highest BCUT2D eigenvalue weighted by molar-refractivity contribution is 7.83. The molecule has 122 valence electrons. The topological polar surface area (TPSA) is 77.1 Å². The SMILES string of the molecule is Cc1ccc(-n2nc3c(c2NC(=O)c2ccco2)C[S@@](=O)C3)cc1. The summed E-state index contributed by atoms with van der Waals surface area (Å²) in [5.41, 5.74) is 3.58. The van der Waals surface area contributed by atoms with Crippen LogP contribution in [0.3, 0.4) is 0 Å². The Kier molecular flexibility index (Phi) is 3.57. The van der Waals surface area contributed by atoms with Gasteiger partial charge in [-0.3, -0.25) is 9.00 Å². The van der Waals surface area contributed by atoms with Gasteiger partial charge in [0.2, 0.25) is 0 Å². The lowest BCUT2D eigenvalue weighted by atomic mass is 10.2. The van der Waals surface area contributed by atoms with Crippen molar-refractivity contribution >= 4 is 22.5 Å². The van der Waals surface area contributed by atoms with E-state index in [1.807, 2.05) is 31.2 Å². The van der Waals surface area contributed by atoms with Gasteiger partial charge in [0.15, 0.2) is 5.76 Å². The first-order valence-corrected chi connectivity index (χ1v) is 8.98. The number of aromatic nitrogens is 2. The first-order chi connectivity index (χ1) is 11.6. The molecule has 24 heavy (non-hydrogen) atoms. The molecule has 0 radical (unpaired) electrons. The van der Waals surface area contributed by atoms with Gasteiger partial charge in [-0.1, -0.05) is 17.7 Å². The second-order valence-electron chi connectivity index (χ2n) is 5.68. The zero-order valence-corrected chi connectivity index (χ0v) is 13.8. The van der Waals surface area contributed by atoms with E-state index in [-0.39, 0.29) is 11.7 Å². The van der Waals surface area contributed by atoms with Gasteiger partial charge in [0.25, 0.3) is 5.91 Å². The molecular weight excluding hydrogens is 326 g/mol. The van der Waals surface area contributed by atoms with Crippen molar-refractivity contribution in [2.24, 2.45) is 0 Å². The Hall–Kier alpha value is -2.67. The summed E-state index contributed by atoms with van der Waals surface area (Å²) in [6.07, 6.45) is 1.45. The van der Waals surface area contributed by atoms with Gasteiger partial charge in [0.05, 0.1) is 29.2 Å². The minimum absolute atomic E-state index is 0.222. The smallest absolute Gasteiger partial charge is 0.292 e. The number of anilines is 1. The highest BCUT2D eigenvalue weighted by Gasteiger charge is 2.28. The number of fused-ring (bicyclic) bond motifs is 1. The molecule has 0 bridgehead atoms. The summed E-state index contributed by atoms with van der Waals surface area (Å²) in [7, 11) is -0.969. The fourth-order valence-corrected chi connectivity index (χ4v) is 3.97. The van der Waals surface area contributed by atoms with E-state index in [1.54, 1.807) is 16.8 Å². The van der Waals surface area contributed by atoms with Crippen LogP contribution in [0.1, 0.15) is 27.4 Å². The normalized spacial score (nSPS) is 16.1. The second kappa shape index (κ2) is 5.76. The number of benzene rings is 1. The van der Waals surface area contributed by atoms with Crippen LogP contribution in [0.25, 0.3) is 5.69 Å². The summed E-state index contributed by atoms with van der Waals surface area (Å²) < 4.78 is 18.7. The van der Waals surface area contributed by atoms with E-state index in [4.69, 9.17) is 4.42 Å². The number of hydrogen-bond donors (Lipinski definition) is 1. The molecule has 4 rings (SSSR count). The third-order valence-corrected chi connectivity index (χ3v) is 5.13. The Morgan fingerprint density at radius 2 is 2.04 bits per heavy atom. The van der Waals surface area contributed by atoms with Gasteiger partial charge in [-0.2, -0.15) is 5.10 Å². The highest BCUT2D eigenvalue weighted by Crippen LogP contribution is 2.31. The van der Waals surface area contributed by atoms with Crippen LogP contribution in [-0.2, 0) is 22.3 Å². The number of carbonyl (C=O) groups excluding carboxylic acids is 1. The summed E-state index contributed by atoms with van der Waals surface area (Å²) in [5.74, 6) is 1.24. The molecule has 0 saturated heterocycles. The predicted molar refractivity (Wildman–Crippen MR) is 90.5 cm³/mol. The number of aryl methyl sites for hydroxylation is 1. The second-order valence-corrected chi connectivity index (χ2v) is 7.14. The minimum atomic E-state index is -0.969. The molecule has 1 atom stereocenters. The van der Waals surface area contributed by atoms with Crippen LogP contribution in [0, 0.1) is 6.92 Å². The molecule has 7 heteroatoms. The molecule has 0 fully saturated rings. The van der Waals surface area contributed by atoms with E-state index in [1.165, 1.54) is 6.26 Å². The average Bonchev–Trinajstić information content (AvgIpc) is 3.26. The summed E-state index contributed by atoms with van der Waals surface area (Å²) >= 11 is 0. The van der Waals surface area contributed by atoms with Crippen molar-refractivity contribution in [3.05, 3.63) is 65.2 Å². The fraction of sp³-hybridized carbons (Fsp3) is 0.176. The molecule has 3 aromatic rings. The molecule has 0 unspecified atom stereocenters. The third-order valence-electron chi connectivity index (χ3n) is 3.93. The monoisotopic (exact) mass is 341 g/mol. The summed E-state index contributed by atoms with van der Waals surface area (Å²) in [6.45, 7) is 2.01. The van der Waals surface area contributed by atoms with E-state index in [0.29, 0.717) is 17.3 Å². The maximum Gasteiger partial charge on any atom is 0.292 e.